The van der Waals surface area contributed by atoms with E-state index in [9.17, 15) is 18.9 Å². The quantitative estimate of drug-likeness (QED) is 0.474. The maximum absolute atomic E-state index is 12.3. The molecule has 0 aliphatic heterocycles. The van der Waals surface area contributed by atoms with Crippen molar-refractivity contribution in [1.29, 1.82) is 0 Å². The standard InChI is InChI=1S/C7H4Cl2F2N2O2/c8-2-5-6(13(14)15)3(9)1-4(12-5)7(10)11/h1,7H,2H2. The lowest BCUT2D eigenvalue weighted by atomic mass is 10.2. The van der Waals surface area contributed by atoms with Crippen molar-refractivity contribution in [3.63, 3.8) is 0 Å². The second kappa shape index (κ2) is 4.67. The molecule has 1 aromatic rings. The number of nitrogens with zero attached hydrogens (tertiary/aromatic N) is 2. The first-order valence-corrected chi connectivity index (χ1v) is 4.56. The van der Waals surface area contributed by atoms with Gasteiger partial charge in [0, 0.05) is 0 Å². The van der Waals surface area contributed by atoms with E-state index in [4.69, 9.17) is 23.2 Å². The molecular formula is C7H4Cl2F2N2O2. The normalized spacial score (nSPS) is 10.7. The van der Waals surface area contributed by atoms with Gasteiger partial charge in [0.15, 0.2) is 0 Å². The van der Waals surface area contributed by atoms with Crippen LogP contribution in [0.2, 0.25) is 5.02 Å². The van der Waals surface area contributed by atoms with Gasteiger partial charge in [0.25, 0.3) is 6.43 Å². The summed E-state index contributed by atoms with van der Waals surface area (Å²) in [5.74, 6) is -0.351. The minimum absolute atomic E-state index is 0.260. The minimum Gasteiger partial charge on any atom is -0.258 e. The van der Waals surface area contributed by atoms with Crippen LogP contribution in [0.3, 0.4) is 0 Å². The molecule has 0 amide bonds. The highest BCUT2D eigenvalue weighted by Crippen LogP contribution is 2.31. The molecule has 0 spiro atoms. The highest BCUT2D eigenvalue weighted by Gasteiger charge is 2.23. The molecule has 0 fully saturated rings. The first-order chi connectivity index (χ1) is 6.97. The predicted molar refractivity (Wildman–Crippen MR) is 50.4 cm³/mol. The molecule has 0 radical (unpaired) electrons. The Bertz CT molecular complexity index is 401. The van der Waals surface area contributed by atoms with Crippen LogP contribution in [-0.2, 0) is 5.88 Å². The third-order valence-electron chi connectivity index (χ3n) is 1.57. The van der Waals surface area contributed by atoms with E-state index in [1.165, 1.54) is 0 Å². The summed E-state index contributed by atoms with van der Waals surface area (Å²) in [5.41, 5.74) is -1.42. The average Bonchev–Trinajstić information content (AvgIpc) is 2.15. The lowest BCUT2D eigenvalue weighted by molar-refractivity contribution is -0.385. The topological polar surface area (TPSA) is 56.0 Å². The maximum atomic E-state index is 12.3. The van der Waals surface area contributed by atoms with Crippen LogP contribution in [0, 0.1) is 10.1 Å². The minimum atomic E-state index is -2.84. The van der Waals surface area contributed by atoms with Crippen LogP contribution in [-0.4, -0.2) is 9.91 Å². The fraction of sp³-hybridized carbons (Fsp3) is 0.286. The molecule has 0 aliphatic rings. The Morgan fingerprint density at radius 3 is 2.60 bits per heavy atom. The molecule has 8 heteroatoms. The zero-order valence-electron chi connectivity index (χ0n) is 7.08. The Kier molecular flexibility index (Phi) is 3.76. The second-order valence-electron chi connectivity index (χ2n) is 2.52. The predicted octanol–water partition coefficient (Wildman–Crippen LogP) is 3.32. The summed E-state index contributed by atoms with van der Waals surface area (Å²) in [6.45, 7) is 0. The molecule has 1 heterocycles. The van der Waals surface area contributed by atoms with Gasteiger partial charge in [-0.3, -0.25) is 10.1 Å². The van der Waals surface area contributed by atoms with Gasteiger partial charge >= 0.3 is 5.69 Å². The molecule has 1 aromatic heterocycles. The van der Waals surface area contributed by atoms with Crippen LogP contribution in [0.25, 0.3) is 0 Å². The van der Waals surface area contributed by atoms with Crippen LogP contribution in [0.15, 0.2) is 6.07 Å². The van der Waals surface area contributed by atoms with Crippen LogP contribution in [0.5, 0.6) is 0 Å². The van der Waals surface area contributed by atoms with Crippen LogP contribution < -0.4 is 0 Å². The van der Waals surface area contributed by atoms with Gasteiger partial charge < -0.3 is 0 Å². The zero-order chi connectivity index (χ0) is 11.6. The summed E-state index contributed by atoms with van der Waals surface area (Å²) in [5, 5.41) is 10.1. The number of hydrogen-bond acceptors (Lipinski definition) is 3. The number of rotatable bonds is 3. The van der Waals surface area contributed by atoms with E-state index in [1.807, 2.05) is 0 Å². The van der Waals surface area contributed by atoms with Gasteiger partial charge in [0.1, 0.15) is 16.4 Å². The van der Waals surface area contributed by atoms with Gasteiger partial charge in [0.2, 0.25) is 0 Å². The van der Waals surface area contributed by atoms with E-state index in [1.54, 1.807) is 0 Å². The smallest absolute Gasteiger partial charge is 0.258 e. The molecule has 1 rings (SSSR count). The van der Waals surface area contributed by atoms with Gasteiger partial charge in [-0.05, 0) is 6.07 Å². The van der Waals surface area contributed by atoms with Crippen molar-refractivity contribution < 1.29 is 13.7 Å². The Hall–Kier alpha value is -1.01. The second-order valence-corrected chi connectivity index (χ2v) is 3.19. The van der Waals surface area contributed by atoms with Crippen molar-refractivity contribution in [3.8, 4) is 0 Å². The Labute approximate surface area is 93.0 Å². The van der Waals surface area contributed by atoms with E-state index in [0.29, 0.717) is 0 Å². The lowest BCUT2D eigenvalue weighted by Gasteiger charge is -2.04. The molecule has 4 nitrogen and oxygen atoms in total. The molecule has 0 unspecified atom stereocenters. The van der Waals surface area contributed by atoms with Gasteiger partial charge in [0.05, 0.1) is 10.8 Å². The third-order valence-corrected chi connectivity index (χ3v) is 2.11. The molecule has 82 valence electrons. The van der Waals surface area contributed by atoms with Gasteiger partial charge in [-0.15, -0.1) is 11.6 Å². The van der Waals surface area contributed by atoms with Crippen molar-refractivity contribution >= 4 is 28.9 Å². The van der Waals surface area contributed by atoms with E-state index in [0.717, 1.165) is 6.07 Å². The number of hydrogen-bond donors (Lipinski definition) is 0. The van der Waals surface area contributed by atoms with E-state index >= 15 is 0 Å². The molecule has 0 atom stereocenters. The number of aromatic nitrogens is 1. The molecule has 0 saturated heterocycles. The summed E-state index contributed by atoms with van der Waals surface area (Å²) < 4.78 is 24.5. The number of alkyl halides is 3. The molecule has 0 aromatic carbocycles. The highest BCUT2D eigenvalue weighted by molar-refractivity contribution is 6.33. The number of nitro groups is 1. The molecule has 0 N–H and O–H groups in total. The van der Waals surface area contributed by atoms with Crippen LogP contribution in [0.4, 0.5) is 14.5 Å². The fourth-order valence-corrected chi connectivity index (χ4v) is 1.45. The molecular weight excluding hydrogens is 253 g/mol. The Morgan fingerprint density at radius 2 is 2.20 bits per heavy atom. The lowest BCUT2D eigenvalue weighted by Crippen LogP contribution is -2.01. The maximum Gasteiger partial charge on any atom is 0.310 e. The van der Waals surface area contributed by atoms with Gasteiger partial charge in [-0.1, -0.05) is 11.6 Å². The molecule has 0 aliphatic carbocycles. The SMILES string of the molecule is O=[N+]([O-])c1c(Cl)cc(C(F)F)nc1CCl. The van der Waals surface area contributed by atoms with Crippen molar-refractivity contribution in [2.45, 2.75) is 12.3 Å². The average molecular weight is 257 g/mol. The summed E-state index contributed by atoms with van der Waals surface area (Å²) in [4.78, 5) is 13.1. The highest BCUT2D eigenvalue weighted by atomic mass is 35.5. The summed E-state index contributed by atoms with van der Waals surface area (Å²) in [6, 6.07) is 0.764. The fourth-order valence-electron chi connectivity index (χ4n) is 0.975. The number of halogens is 4. The van der Waals surface area contributed by atoms with E-state index in [-0.39, 0.29) is 16.6 Å². The first-order valence-electron chi connectivity index (χ1n) is 3.65. The third kappa shape index (κ3) is 2.51. The monoisotopic (exact) mass is 256 g/mol. The van der Waals surface area contributed by atoms with Crippen LogP contribution >= 0.6 is 23.2 Å². The zero-order valence-corrected chi connectivity index (χ0v) is 8.60. The molecule has 0 bridgehead atoms. The van der Waals surface area contributed by atoms with Crippen molar-refractivity contribution in [2.75, 3.05) is 0 Å². The first kappa shape index (κ1) is 12.1. The molecule has 0 saturated carbocycles. The summed E-state index contributed by atoms with van der Waals surface area (Å²) >= 11 is 10.8. The van der Waals surface area contributed by atoms with Gasteiger partial charge in [-0.25, -0.2) is 13.8 Å². The summed E-state index contributed by atoms with van der Waals surface area (Å²) in [7, 11) is 0. The van der Waals surface area contributed by atoms with E-state index in [2.05, 4.69) is 4.98 Å². The number of pyridine rings is 1. The van der Waals surface area contributed by atoms with Crippen LogP contribution in [0.1, 0.15) is 17.8 Å². The van der Waals surface area contributed by atoms with E-state index < -0.39 is 22.7 Å². The summed E-state index contributed by atoms with van der Waals surface area (Å²) in [6.07, 6.45) is -2.84. The van der Waals surface area contributed by atoms with Crippen molar-refractivity contribution in [3.05, 3.63) is 32.6 Å². The van der Waals surface area contributed by atoms with Crippen molar-refractivity contribution in [1.82, 2.24) is 4.98 Å². The molecule has 15 heavy (non-hydrogen) atoms. The largest absolute Gasteiger partial charge is 0.310 e. The van der Waals surface area contributed by atoms with Crippen molar-refractivity contribution in [2.24, 2.45) is 0 Å². The Balaban J connectivity index is 3.37. The van der Waals surface area contributed by atoms with Gasteiger partial charge in [-0.2, -0.15) is 0 Å². The Morgan fingerprint density at radius 1 is 1.60 bits per heavy atom.